The lowest BCUT2D eigenvalue weighted by molar-refractivity contribution is 0.0503. The molecule has 1 aromatic heterocycles. The number of hydrogen-bond acceptors (Lipinski definition) is 3. The zero-order valence-corrected chi connectivity index (χ0v) is 15.4. The van der Waals surface area contributed by atoms with Gasteiger partial charge in [0.25, 0.3) is 11.5 Å². The third-order valence-corrected chi connectivity index (χ3v) is 5.03. The van der Waals surface area contributed by atoms with E-state index < -0.39 is 11.7 Å². The van der Waals surface area contributed by atoms with Crippen LogP contribution in [0.2, 0.25) is 0 Å². The van der Waals surface area contributed by atoms with Crippen LogP contribution >= 0.6 is 0 Å². The number of nitrogens with one attached hydrogen (secondary N) is 1. The molecule has 0 saturated carbocycles. The summed E-state index contributed by atoms with van der Waals surface area (Å²) < 4.78 is 19.9. The summed E-state index contributed by atoms with van der Waals surface area (Å²) >= 11 is 0. The zero-order valence-electron chi connectivity index (χ0n) is 15.4. The molecule has 28 heavy (non-hydrogen) atoms. The first-order chi connectivity index (χ1) is 13.6. The maximum atomic E-state index is 14.2. The SMILES string of the molecule is O=C(c1ccccc1F)N(Cc1cc2ccccc2[nH]c1=O)C[C@H]1CCCO1. The van der Waals surface area contributed by atoms with Crippen molar-refractivity contribution < 1.29 is 13.9 Å². The molecule has 6 heteroatoms. The molecule has 0 spiro atoms. The minimum absolute atomic E-state index is 0.00212. The number of halogens is 1. The van der Waals surface area contributed by atoms with Gasteiger partial charge in [-0.15, -0.1) is 0 Å². The van der Waals surface area contributed by atoms with E-state index in [1.165, 1.54) is 17.0 Å². The number of fused-ring (bicyclic) bond motifs is 1. The van der Waals surface area contributed by atoms with Crippen molar-refractivity contribution in [3.05, 3.63) is 81.9 Å². The third kappa shape index (κ3) is 3.82. The van der Waals surface area contributed by atoms with E-state index in [0.29, 0.717) is 18.7 Å². The lowest BCUT2D eigenvalue weighted by Gasteiger charge is -2.25. The predicted octanol–water partition coefficient (Wildman–Crippen LogP) is 3.49. The van der Waals surface area contributed by atoms with Crippen molar-refractivity contribution in [1.82, 2.24) is 9.88 Å². The molecule has 1 saturated heterocycles. The number of para-hydroxylation sites is 1. The molecule has 1 aliphatic heterocycles. The Morgan fingerprint density at radius 1 is 1.18 bits per heavy atom. The zero-order chi connectivity index (χ0) is 19.5. The van der Waals surface area contributed by atoms with Gasteiger partial charge in [0.2, 0.25) is 0 Å². The first-order valence-electron chi connectivity index (χ1n) is 9.38. The molecule has 1 fully saturated rings. The first kappa shape index (κ1) is 18.4. The summed E-state index contributed by atoms with van der Waals surface area (Å²) in [6, 6.07) is 15.2. The molecule has 1 aliphatic rings. The number of rotatable bonds is 5. The molecule has 1 N–H and O–H groups in total. The van der Waals surface area contributed by atoms with Crippen LogP contribution in [0.4, 0.5) is 4.39 Å². The third-order valence-electron chi connectivity index (χ3n) is 5.03. The highest BCUT2D eigenvalue weighted by Crippen LogP contribution is 2.19. The smallest absolute Gasteiger partial charge is 0.257 e. The maximum absolute atomic E-state index is 14.2. The van der Waals surface area contributed by atoms with Crippen molar-refractivity contribution in [2.24, 2.45) is 0 Å². The largest absolute Gasteiger partial charge is 0.376 e. The molecule has 1 amide bonds. The Labute approximate surface area is 161 Å². The van der Waals surface area contributed by atoms with Crippen molar-refractivity contribution in [2.75, 3.05) is 13.2 Å². The van der Waals surface area contributed by atoms with Gasteiger partial charge in [0.15, 0.2) is 0 Å². The van der Waals surface area contributed by atoms with E-state index in [-0.39, 0.29) is 23.8 Å². The molecular formula is C22H21FN2O3. The Kier molecular flexibility index (Phi) is 5.21. The van der Waals surface area contributed by atoms with E-state index in [1.54, 1.807) is 18.2 Å². The van der Waals surface area contributed by atoms with Crippen molar-refractivity contribution in [1.29, 1.82) is 0 Å². The van der Waals surface area contributed by atoms with E-state index in [1.807, 2.05) is 24.3 Å². The molecule has 5 nitrogen and oxygen atoms in total. The Bertz CT molecular complexity index is 1060. The lowest BCUT2D eigenvalue weighted by atomic mass is 10.1. The Hall–Kier alpha value is -2.99. The van der Waals surface area contributed by atoms with Crippen LogP contribution in [-0.4, -0.2) is 35.0 Å². The lowest BCUT2D eigenvalue weighted by Crippen LogP contribution is -2.38. The van der Waals surface area contributed by atoms with Gasteiger partial charge in [-0.25, -0.2) is 4.39 Å². The van der Waals surface area contributed by atoms with E-state index >= 15 is 0 Å². The highest BCUT2D eigenvalue weighted by molar-refractivity contribution is 5.94. The van der Waals surface area contributed by atoms with Gasteiger partial charge in [-0.3, -0.25) is 9.59 Å². The number of ether oxygens (including phenoxy) is 1. The summed E-state index contributed by atoms with van der Waals surface area (Å²) in [6.45, 7) is 1.07. The molecule has 2 heterocycles. The van der Waals surface area contributed by atoms with Crippen molar-refractivity contribution in [3.63, 3.8) is 0 Å². The van der Waals surface area contributed by atoms with E-state index in [4.69, 9.17) is 4.74 Å². The summed E-state index contributed by atoms with van der Waals surface area (Å²) in [4.78, 5) is 29.9. The molecule has 0 aliphatic carbocycles. The summed E-state index contributed by atoms with van der Waals surface area (Å²) in [5.41, 5.74) is 0.943. The summed E-state index contributed by atoms with van der Waals surface area (Å²) in [7, 11) is 0. The fourth-order valence-corrected chi connectivity index (χ4v) is 3.57. The van der Waals surface area contributed by atoms with Gasteiger partial charge in [-0.05, 0) is 42.5 Å². The second-order valence-corrected chi connectivity index (χ2v) is 7.01. The molecule has 4 rings (SSSR count). The average molecular weight is 380 g/mol. The van der Waals surface area contributed by atoms with Gasteiger partial charge < -0.3 is 14.6 Å². The molecule has 3 aromatic rings. The average Bonchev–Trinajstić information content (AvgIpc) is 3.21. The van der Waals surface area contributed by atoms with Gasteiger partial charge in [0, 0.05) is 24.2 Å². The highest BCUT2D eigenvalue weighted by atomic mass is 19.1. The van der Waals surface area contributed by atoms with Crippen LogP contribution in [0.5, 0.6) is 0 Å². The highest BCUT2D eigenvalue weighted by Gasteiger charge is 2.26. The Balaban J connectivity index is 1.67. The number of aromatic nitrogens is 1. The number of aromatic amines is 1. The van der Waals surface area contributed by atoms with E-state index in [9.17, 15) is 14.0 Å². The van der Waals surface area contributed by atoms with Gasteiger partial charge in [0.05, 0.1) is 18.2 Å². The second-order valence-electron chi connectivity index (χ2n) is 7.01. The molecule has 0 bridgehead atoms. The topological polar surface area (TPSA) is 62.4 Å². The van der Waals surface area contributed by atoms with Crippen LogP contribution in [0.15, 0.2) is 59.4 Å². The standard InChI is InChI=1S/C22H21FN2O3/c23-19-9-3-2-8-18(19)22(27)25(14-17-7-5-11-28-17)13-16-12-15-6-1-4-10-20(15)24-21(16)26/h1-4,6,8-10,12,17H,5,7,11,13-14H2,(H,24,26)/t17-/m1/s1. The van der Waals surface area contributed by atoms with Crippen LogP contribution in [0.1, 0.15) is 28.8 Å². The summed E-state index contributed by atoms with van der Waals surface area (Å²) in [6.07, 6.45) is 1.67. The number of hydrogen-bond donors (Lipinski definition) is 1. The number of carbonyl (C=O) groups is 1. The molecular weight excluding hydrogens is 359 g/mol. The fourth-order valence-electron chi connectivity index (χ4n) is 3.57. The number of pyridine rings is 1. The summed E-state index contributed by atoms with van der Waals surface area (Å²) in [5.74, 6) is -1.02. The minimum Gasteiger partial charge on any atom is -0.376 e. The molecule has 144 valence electrons. The molecule has 2 aromatic carbocycles. The Morgan fingerprint density at radius 3 is 2.75 bits per heavy atom. The first-order valence-corrected chi connectivity index (χ1v) is 9.38. The second kappa shape index (κ2) is 7.94. The predicted molar refractivity (Wildman–Crippen MR) is 105 cm³/mol. The van der Waals surface area contributed by atoms with Crippen LogP contribution in [0.25, 0.3) is 10.9 Å². The van der Waals surface area contributed by atoms with Crippen molar-refractivity contribution in [2.45, 2.75) is 25.5 Å². The number of amides is 1. The maximum Gasteiger partial charge on any atom is 0.257 e. The van der Waals surface area contributed by atoms with Crippen molar-refractivity contribution in [3.8, 4) is 0 Å². The van der Waals surface area contributed by atoms with Crippen molar-refractivity contribution >= 4 is 16.8 Å². The van der Waals surface area contributed by atoms with Gasteiger partial charge in [-0.2, -0.15) is 0 Å². The Morgan fingerprint density at radius 2 is 1.96 bits per heavy atom. The summed E-state index contributed by atoms with van der Waals surface area (Å²) in [5, 5.41) is 0.882. The molecule has 1 atom stereocenters. The minimum atomic E-state index is -0.572. The van der Waals surface area contributed by atoms with Gasteiger partial charge in [0.1, 0.15) is 5.82 Å². The van der Waals surface area contributed by atoms with Gasteiger partial charge >= 0.3 is 0 Å². The van der Waals surface area contributed by atoms with Crippen LogP contribution < -0.4 is 5.56 Å². The van der Waals surface area contributed by atoms with E-state index in [0.717, 1.165) is 23.7 Å². The molecule has 0 unspecified atom stereocenters. The monoisotopic (exact) mass is 380 g/mol. The number of nitrogens with zero attached hydrogens (tertiary/aromatic N) is 1. The number of carbonyl (C=O) groups excluding carboxylic acids is 1. The van der Waals surface area contributed by atoms with E-state index in [2.05, 4.69) is 4.98 Å². The normalized spacial score (nSPS) is 16.4. The molecule has 0 radical (unpaired) electrons. The van der Waals surface area contributed by atoms with Crippen LogP contribution in [0.3, 0.4) is 0 Å². The number of H-pyrrole nitrogens is 1. The fraction of sp³-hybridized carbons (Fsp3) is 0.273. The van der Waals surface area contributed by atoms with Gasteiger partial charge in [-0.1, -0.05) is 30.3 Å². The van der Waals surface area contributed by atoms with Crippen LogP contribution in [0, 0.1) is 5.82 Å². The quantitative estimate of drug-likeness (QED) is 0.737. The number of benzene rings is 2. The van der Waals surface area contributed by atoms with Crippen LogP contribution in [-0.2, 0) is 11.3 Å².